The lowest BCUT2D eigenvalue weighted by Crippen LogP contribution is -2.54. The van der Waals surface area contributed by atoms with E-state index < -0.39 is 30.7 Å². The van der Waals surface area contributed by atoms with Crippen LogP contribution in [0.2, 0.25) is 0 Å². The molecule has 0 aromatic carbocycles. The fourth-order valence-corrected chi connectivity index (χ4v) is 0.438. The predicted molar refractivity (Wildman–Crippen MR) is 27.4 cm³/mol. The SMILES string of the molecule is F[C](F)C(F)(OC(F)(F)C(F)(F)F)C(F)(F)F. The van der Waals surface area contributed by atoms with Crippen molar-refractivity contribution in [2.45, 2.75) is 24.3 Å². The summed E-state index contributed by atoms with van der Waals surface area (Å²) >= 11 is 0. The Kier molecular flexibility index (Phi) is 3.94. The Hall–Kier alpha value is -0.810. The summed E-state index contributed by atoms with van der Waals surface area (Å²) in [6, 6.07) is 0. The van der Waals surface area contributed by atoms with Crippen LogP contribution in [0.25, 0.3) is 0 Å². The lowest BCUT2D eigenvalue weighted by atomic mass is 10.3. The maximum Gasteiger partial charge on any atom is 0.483 e. The number of hydrogen-bond donors (Lipinski definition) is 0. The van der Waals surface area contributed by atoms with Gasteiger partial charge < -0.3 is 0 Å². The molecule has 103 valence electrons. The highest BCUT2D eigenvalue weighted by Gasteiger charge is 2.74. The largest absolute Gasteiger partial charge is 0.483 e. The summed E-state index contributed by atoms with van der Waals surface area (Å²) in [6.07, 6.45) is -24.8. The molecule has 0 saturated carbocycles. The lowest BCUT2D eigenvalue weighted by Gasteiger charge is -2.30. The van der Waals surface area contributed by atoms with Gasteiger partial charge in [-0.05, 0) is 0 Å². The Balaban J connectivity index is 5.32. The van der Waals surface area contributed by atoms with E-state index in [1.807, 2.05) is 0 Å². The maximum absolute atomic E-state index is 12.3. The normalized spacial score (nSPS) is 18.4. The second-order valence-corrected chi connectivity index (χ2v) is 2.47. The summed E-state index contributed by atoms with van der Waals surface area (Å²) < 4.78 is 129. The van der Waals surface area contributed by atoms with Gasteiger partial charge in [-0.2, -0.15) is 48.3 Å². The Labute approximate surface area is 85.1 Å². The fourth-order valence-electron chi connectivity index (χ4n) is 0.438. The Bertz CT molecular complexity index is 264. The third-order valence-corrected chi connectivity index (χ3v) is 1.21. The number of ether oxygens (including phenoxy) is 1. The third-order valence-electron chi connectivity index (χ3n) is 1.21. The summed E-state index contributed by atoms with van der Waals surface area (Å²) in [7, 11) is 0. The zero-order valence-electron chi connectivity index (χ0n) is 7.07. The molecule has 0 aliphatic heterocycles. The molecule has 0 fully saturated rings. The summed E-state index contributed by atoms with van der Waals surface area (Å²) in [5, 5.41) is 0. The number of halogens is 11. The van der Waals surface area contributed by atoms with Crippen LogP contribution in [0.3, 0.4) is 0 Å². The molecule has 0 N–H and O–H groups in total. The van der Waals surface area contributed by atoms with E-state index >= 15 is 0 Å². The molecule has 0 spiro atoms. The number of hydrogen-bond acceptors (Lipinski definition) is 1. The highest BCUT2D eigenvalue weighted by molar-refractivity contribution is 4.93. The molecule has 0 aromatic rings. The number of alkyl halides is 9. The van der Waals surface area contributed by atoms with Crippen molar-refractivity contribution in [3.8, 4) is 0 Å². The van der Waals surface area contributed by atoms with Crippen molar-refractivity contribution in [1.82, 2.24) is 0 Å². The molecular weight excluding hydrogens is 285 g/mol. The molecule has 0 saturated heterocycles. The van der Waals surface area contributed by atoms with Crippen molar-refractivity contribution in [1.29, 1.82) is 0 Å². The van der Waals surface area contributed by atoms with Gasteiger partial charge in [-0.3, -0.25) is 4.74 Å². The monoisotopic (exact) mass is 285 g/mol. The first kappa shape index (κ1) is 16.2. The minimum absolute atomic E-state index is 1.58. The van der Waals surface area contributed by atoms with Gasteiger partial charge in [-0.1, -0.05) is 0 Å². The minimum Gasteiger partial charge on any atom is -0.262 e. The molecule has 0 aliphatic rings. The fraction of sp³-hybridized carbons (Fsp3) is 0.800. The molecule has 0 aliphatic carbocycles. The molecule has 0 rings (SSSR count). The highest BCUT2D eigenvalue weighted by atomic mass is 19.4. The summed E-state index contributed by atoms with van der Waals surface area (Å²) in [6.45, 7) is 0. The first-order chi connectivity index (χ1) is 7.15. The van der Waals surface area contributed by atoms with Crippen molar-refractivity contribution in [3.63, 3.8) is 0 Å². The smallest absolute Gasteiger partial charge is 0.262 e. The summed E-state index contributed by atoms with van der Waals surface area (Å²) in [4.78, 5) is 0. The second-order valence-electron chi connectivity index (χ2n) is 2.47. The van der Waals surface area contributed by atoms with Crippen molar-refractivity contribution in [3.05, 3.63) is 6.43 Å². The second kappa shape index (κ2) is 4.14. The van der Waals surface area contributed by atoms with Crippen LogP contribution >= 0.6 is 0 Å². The van der Waals surface area contributed by atoms with Gasteiger partial charge in [0.2, 0.25) is 0 Å². The van der Waals surface area contributed by atoms with Crippen LogP contribution in [0, 0.1) is 6.43 Å². The van der Waals surface area contributed by atoms with Gasteiger partial charge in [0.25, 0.3) is 0 Å². The highest BCUT2D eigenvalue weighted by Crippen LogP contribution is 2.49. The number of rotatable bonds is 3. The minimum atomic E-state index is -6.81. The molecule has 12 heteroatoms. The van der Waals surface area contributed by atoms with Crippen molar-refractivity contribution in [2.75, 3.05) is 0 Å². The van der Waals surface area contributed by atoms with Gasteiger partial charge in [-0.15, -0.1) is 0 Å². The van der Waals surface area contributed by atoms with E-state index in [-0.39, 0.29) is 0 Å². The van der Waals surface area contributed by atoms with Crippen LogP contribution in [0.15, 0.2) is 0 Å². The van der Waals surface area contributed by atoms with E-state index in [0.717, 1.165) is 0 Å². The first-order valence-corrected chi connectivity index (χ1v) is 3.24. The van der Waals surface area contributed by atoms with Gasteiger partial charge in [0, 0.05) is 0 Å². The van der Waals surface area contributed by atoms with Crippen molar-refractivity contribution < 1.29 is 53.0 Å². The molecule has 1 radical (unpaired) electrons. The van der Waals surface area contributed by atoms with Gasteiger partial charge in [-0.25, -0.2) is 0 Å². The van der Waals surface area contributed by atoms with Crippen molar-refractivity contribution in [2.24, 2.45) is 0 Å². The van der Waals surface area contributed by atoms with E-state index in [9.17, 15) is 48.3 Å². The average Bonchev–Trinajstić information content (AvgIpc) is 1.98. The molecule has 1 unspecified atom stereocenters. The van der Waals surface area contributed by atoms with Crippen LogP contribution in [-0.2, 0) is 4.74 Å². The molecule has 1 atom stereocenters. The molecule has 0 heterocycles. The van der Waals surface area contributed by atoms with E-state index in [4.69, 9.17) is 0 Å². The van der Waals surface area contributed by atoms with E-state index in [1.54, 1.807) is 4.74 Å². The van der Waals surface area contributed by atoms with E-state index in [0.29, 0.717) is 0 Å². The lowest BCUT2D eigenvalue weighted by molar-refractivity contribution is -0.474. The summed E-state index contributed by atoms with van der Waals surface area (Å²) in [5.74, 6) is -6.51. The predicted octanol–water partition coefficient (Wildman–Crippen LogP) is 3.81. The maximum atomic E-state index is 12.3. The standard InChI is InChI=1S/C5F11O/c6-1(7)2(8,3(9,10)11)17-5(15,16)4(12,13)14. The molecule has 17 heavy (non-hydrogen) atoms. The van der Waals surface area contributed by atoms with Crippen LogP contribution < -0.4 is 0 Å². The first-order valence-electron chi connectivity index (χ1n) is 3.24. The van der Waals surface area contributed by atoms with Crippen molar-refractivity contribution >= 4 is 0 Å². The molecule has 0 bridgehead atoms. The quantitative estimate of drug-likeness (QED) is 0.716. The average molecular weight is 285 g/mol. The van der Waals surface area contributed by atoms with Gasteiger partial charge in [0.05, 0.1) is 0 Å². The molecular formula is C5F11O. The molecule has 0 aromatic heterocycles. The Morgan fingerprint density at radius 3 is 1.18 bits per heavy atom. The topological polar surface area (TPSA) is 9.23 Å². The zero-order valence-corrected chi connectivity index (χ0v) is 7.07. The van der Waals surface area contributed by atoms with Gasteiger partial charge in [0.1, 0.15) is 0 Å². The van der Waals surface area contributed by atoms with Gasteiger partial charge >= 0.3 is 30.7 Å². The Morgan fingerprint density at radius 2 is 1.00 bits per heavy atom. The van der Waals surface area contributed by atoms with Crippen LogP contribution in [0.5, 0.6) is 0 Å². The van der Waals surface area contributed by atoms with Crippen LogP contribution in [0.1, 0.15) is 0 Å². The Morgan fingerprint density at radius 1 is 0.647 bits per heavy atom. The third kappa shape index (κ3) is 3.10. The summed E-state index contributed by atoms with van der Waals surface area (Å²) in [5.41, 5.74) is 0. The van der Waals surface area contributed by atoms with Crippen LogP contribution in [0.4, 0.5) is 48.3 Å². The zero-order chi connectivity index (χ0) is 14.3. The van der Waals surface area contributed by atoms with E-state index in [1.165, 1.54) is 0 Å². The van der Waals surface area contributed by atoms with Crippen LogP contribution in [-0.4, -0.2) is 24.3 Å². The van der Waals surface area contributed by atoms with E-state index in [2.05, 4.69) is 0 Å². The van der Waals surface area contributed by atoms with Gasteiger partial charge in [0.15, 0.2) is 0 Å². The molecule has 1 nitrogen and oxygen atoms in total. The molecule has 0 amide bonds.